The molecule has 0 spiro atoms. The molecule has 2 amide bonds. The minimum absolute atomic E-state index is 0.0447. The van der Waals surface area contributed by atoms with Gasteiger partial charge in [-0.3, -0.25) is 24.0 Å². The number of anilines is 1. The zero-order chi connectivity index (χ0) is 29.3. The maximum Gasteiger partial charge on any atom is 0.269 e. The highest BCUT2D eigenvalue weighted by atomic mass is 32.2. The largest absolute Gasteiger partial charge is 0.354 e. The number of hydrogen-bond acceptors (Lipinski definition) is 6. The molecule has 0 fully saturated rings. The van der Waals surface area contributed by atoms with Crippen molar-refractivity contribution in [2.75, 3.05) is 17.4 Å². The van der Waals surface area contributed by atoms with Crippen LogP contribution in [0.5, 0.6) is 0 Å². The first-order chi connectivity index (χ1) is 19.0. The van der Waals surface area contributed by atoms with Crippen LogP contribution < -0.4 is 9.62 Å². The monoisotopic (exact) mass is 566 g/mol. The number of carbonyl (C=O) groups excluding carboxylic acids is 2. The molecular weight excluding hydrogens is 532 g/mol. The number of amides is 2. The van der Waals surface area contributed by atoms with Crippen LogP contribution in [0.4, 0.5) is 11.4 Å². The molecule has 0 aliphatic rings. The molecule has 0 bridgehead atoms. The third-order valence-corrected chi connectivity index (χ3v) is 8.18. The number of nitro benzene ring substituents is 1. The SMILES string of the molecule is CCCCNC(=O)[C@@H](C)N(Cc1cccc(C)c1)C(=O)CN(c1ccc([N+](=O)[O-])cc1)S(=O)(=O)c1ccccc1. The molecule has 0 heterocycles. The van der Waals surface area contributed by atoms with Crippen LogP contribution in [0.15, 0.2) is 83.8 Å². The fourth-order valence-electron chi connectivity index (χ4n) is 4.11. The Morgan fingerprint density at radius 1 is 1.00 bits per heavy atom. The highest BCUT2D eigenvalue weighted by Gasteiger charge is 2.32. The number of non-ortho nitro benzene ring substituents is 1. The van der Waals surface area contributed by atoms with E-state index in [4.69, 9.17) is 0 Å². The Hall–Kier alpha value is -4.25. The lowest BCUT2D eigenvalue weighted by molar-refractivity contribution is -0.384. The number of nitrogens with one attached hydrogen (secondary N) is 1. The predicted octanol–water partition coefficient (Wildman–Crippen LogP) is 4.43. The van der Waals surface area contributed by atoms with Crippen LogP contribution in [0.2, 0.25) is 0 Å². The first kappa shape index (κ1) is 30.3. The summed E-state index contributed by atoms with van der Waals surface area (Å²) in [5, 5.41) is 14.0. The number of nitro groups is 1. The van der Waals surface area contributed by atoms with Crippen LogP contribution in [0, 0.1) is 17.0 Å². The summed E-state index contributed by atoms with van der Waals surface area (Å²) in [4.78, 5) is 38.8. The summed E-state index contributed by atoms with van der Waals surface area (Å²) >= 11 is 0. The van der Waals surface area contributed by atoms with Gasteiger partial charge < -0.3 is 10.2 Å². The first-order valence-corrected chi connectivity index (χ1v) is 14.4. The molecule has 3 rings (SSSR count). The number of aryl methyl sites for hydroxylation is 1. The second-order valence-electron chi connectivity index (χ2n) is 9.43. The van der Waals surface area contributed by atoms with Crippen molar-refractivity contribution >= 4 is 33.2 Å². The van der Waals surface area contributed by atoms with E-state index in [-0.39, 0.29) is 28.7 Å². The molecule has 0 unspecified atom stereocenters. The molecule has 40 heavy (non-hydrogen) atoms. The molecule has 0 aliphatic carbocycles. The van der Waals surface area contributed by atoms with Gasteiger partial charge in [0.1, 0.15) is 12.6 Å². The van der Waals surface area contributed by atoms with Crippen molar-refractivity contribution in [2.45, 2.75) is 51.1 Å². The standard InChI is InChI=1S/C29H34N4O6S/c1-4-5-18-30-29(35)23(3)31(20-24-11-9-10-22(2)19-24)28(34)21-32(25-14-16-26(17-15-25)33(36)37)40(38,39)27-12-7-6-8-13-27/h6-17,19,23H,4-5,18,20-21H2,1-3H3,(H,30,35)/t23-/m1/s1. The van der Waals surface area contributed by atoms with Gasteiger partial charge in [0.15, 0.2) is 0 Å². The Balaban J connectivity index is 2.01. The van der Waals surface area contributed by atoms with E-state index >= 15 is 0 Å². The van der Waals surface area contributed by atoms with E-state index in [1.807, 2.05) is 38.1 Å². The van der Waals surface area contributed by atoms with Crippen LogP contribution >= 0.6 is 0 Å². The first-order valence-electron chi connectivity index (χ1n) is 13.0. The molecule has 11 heteroatoms. The van der Waals surface area contributed by atoms with Gasteiger partial charge in [-0.15, -0.1) is 0 Å². The number of nitrogens with zero attached hydrogens (tertiary/aromatic N) is 3. The van der Waals surface area contributed by atoms with Gasteiger partial charge in [-0.2, -0.15) is 0 Å². The lowest BCUT2D eigenvalue weighted by Crippen LogP contribution is -2.51. The van der Waals surface area contributed by atoms with Gasteiger partial charge in [-0.25, -0.2) is 8.42 Å². The summed E-state index contributed by atoms with van der Waals surface area (Å²) in [6.45, 7) is 5.46. The third-order valence-electron chi connectivity index (χ3n) is 6.39. The Kier molecular flexibility index (Phi) is 10.4. The van der Waals surface area contributed by atoms with Gasteiger partial charge >= 0.3 is 0 Å². The van der Waals surface area contributed by atoms with Crippen molar-refractivity contribution in [2.24, 2.45) is 0 Å². The van der Waals surface area contributed by atoms with E-state index in [0.717, 1.165) is 28.3 Å². The predicted molar refractivity (Wildman–Crippen MR) is 153 cm³/mol. The number of carbonyl (C=O) groups is 2. The minimum atomic E-state index is -4.24. The second-order valence-corrected chi connectivity index (χ2v) is 11.3. The van der Waals surface area contributed by atoms with Crippen molar-refractivity contribution in [3.8, 4) is 0 Å². The summed E-state index contributed by atoms with van der Waals surface area (Å²) in [7, 11) is -4.24. The van der Waals surface area contributed by atoms with E-state index in [0.29, 0.717) is 6.54 Å². The normalized spacial score (nSPS) is 11.9. The zero-order valence-corrected chi connectivity index (χ0v) is 23.6. The van der Waals surface area contributed by atoms with E-state index < -0.39 is 33.4 Å². The third kappa shape index (κ3) is 7.66. The summed E-state index contributed by atoms with van der Waals surface area (Å²) in [5.41, 5.74) is 1.63. The molecule has 1 atom stereocenters. The van der Waals surface area contributed by atoms with Crippen LogP contribution in [0.1, 0.15) is 37.8 Å². The molecule has 1 N–H and O–H groups in total. The van der Waals surface area contributed by atoms with Gasteiger partial charge in [0.05, 0.1) is 15.5 Å². The number of sulfonamides is 1. The number of benzene rings is 3. The second kappa shape index (κ2) is 13.7. The number of unbranched alkanes of at least 4 members (excludes halogenated alkanes) is 1. The molecule has 0 aliphatic heterocycles. The fraction of sp³-hybridized carbons (Fsp3) is 0.310. The highest BCUT2D eigenvalue weighted by Crippen LogP contribution is 2.26. The molecule has 3 aromatic rings. The van der Waals surface area contributed by atoms with Crippen molar-refractivity contribution in [3.63, 3.8) is 0 Å². The van der Waals surface area contributed by atoms with Crippen molar-refractivity contribution in [1.82, 2.24) is 10.2 Å². The van der Waals surface area contributed by atoms with Crippen LogP contribution in [0.3, 0.4) is 0 Å². The quantitative estimate of drug-likeness (QED) is 0.185. The zero-order valence-electron chi connectivity index (χ0n) is 22.8. The van der Waals surface area contributed by atoms with Gasteiger partial charge in [0.2, 0.25) is 11.8 Å². The lowest BCUT2D eigenvalue weighted by atomic mass is 10.1. The number of hydrogen-bond donors (Lipinski definition) is 1. The maximum absolute atomic E-state index is 13.9. The summed E-state index contributed by atoms with van der Waals surface area (Å²) in [6.07, 6.45) is 1.68. The Bertz CT molecular complexity index is 1430. The molecule has 0 aromatic heterocycles. The molecule has 10 nitrogen and oxygen atoms in total. The van der Waals surface area contributed by atoms with E-state index in [9.17, 15) is 28.1 Å². The highest BCUT2D eigenvalue weighted by molar-refractivity contribution is 7.92. The van der Waals surface area contributed by atoms with Crippen molar-refractivity contribution in [3.05, 3.63) is 100 Å². The van der Waals surface area contributed by atoms with Gasteiger partial charge in [0.25, 0.3) is 15.7 Å². The topological polar surface area (TPSA) is 130 Å². The molecule has 212 valence electrons. The van der Waals surface area contributed by atoms with E-state index in [2.05, 4.69) is 5.32 Å². The van der Waals surface area contributed by atoms with E-state index in [1.54, 1.807) is 25.1 Å². The van der Waals surface area contributed by atoms with E-state index in [1.165, 1.54) is 41.3 Å². The average Bonchev–Trinajstić information content (AvgIpc) is 2.94. The Morgan fingerprint density at radius 2 is 1.68 bits per heavy atom. The maximum atomic E-state index is 13.9. The molecule has 3 aromatic carbocycles. The fourth-order valence-corrected chi connectivity index (χ4v) is 5.55. The van der Waals surface area contributed by atoms with Crippen molar-refractivity contribution < 1.29 is 22.9 Å². The summed E-state index contributed by atoms with van der Waals surface area (Å²) < 4.78 is 28.4. The van der Waals surface area contributed by atoms with Gasteiger partial charge in [-0.05, 0) is 50.1 Å². The molecular formula is C29H34N4O6S. The average molecular weight is 567 g/mol. The lowest BCUT2D eigenvalue weighted by Gasteiger charge is -2.32. The summed E-state index contributed by atoms with van der Waals surface area (Å²) in [6, 6.07) is 19.2. The van der Waals surface area contributed by atoms with Gasteiger partial charge in [-0.1, -0.05) is 61.4 Å². The van der Waals surface area contributed by atoms with Crippen LogP contribution in [-0.4, -0.2) is 49.2 Å². The number of rotatable bonds is 13. The molecule has 0 saturated heterocycles. The van der Waals surface area contributed by atoms with Crippen molar-refractivity contribution in [1.29, 1.82) is 0 Å². The Labute approximate surface area is 234 Å². The Morgan fingerprint density at radius 3 is 2.27 bits per heavy atom. The summed E-state index contributed by atoms with van der Waals surface area (Å²) in [5.74, 6) is -0.945. The molecule has 0 saturated carbocycles. The minimum Gasteiger partial charge on any atom is -0.354 e. The van der Waals surface area contributed by atoms with Crippen LogP contribution in [-0.2, 0) is 26.2 Å². The smallest absolute Gasteiger partial charge is 0.269 e. The molecule has 0 radical (unpaired) electrons. The van der Waals surface area contributed by atoms with Gasteiger partial charge in [0, 0.05) is 25.2 Å². The van der Waals surface area contributed by atoms with Crippen LogP contribution in [0.25, 0.3) is 0 Å².